The van der Waals surface area contributed by atoms with Gasteiger partial charge < -0.3 is 15.4 Å². The van der Waals surface area contributed by atoms with Gasteiger partial charge in [0.25, 0.3) is 0 Å². The number of aromatic nitrogens is 2. The number of halogens is 3. The van der Waals surface area contributed by atoms with Gasteiger partial charge in [0.15, 0.2) is 0 Å². The fourth-order valence-electron chi connectivity index (χ4n) is 3.41. The van der Waals surface area contributed by atoms with E-state index in [1.807, 2.05) is 0 Å². The van der Waals surface area contributed by atoms with Gasteiger partial charge in [-0.3, -0.25) is 9.59 Å². The molecule has 4 rings (SSSR count). The van der Waals surface area contributed by atoms with Gasteiger partial charge >= 0.3 is 6.18 Å². The average molecular weight is 430 g/mol. The van der Waals surface area contributed by atoms with Gasteiger partial charge in [-0.25, -0.2) is 4.68 Å². The number of ether oxygens (including phenoxy) is 1. The maximum atomic E-state index is 13.2. The van der Waals surface area contributed by atoms with Gasteiger partial charge in [0.2, 0.25) is 11.8 Å². The van der Waals surface area contributed by atoms with Crippen molar-refractivity contribution in [2.45, 2.75) is 18.6 Å². The van der Waals surface area contributed by atoms with Gasteiger partial charge in [-0.15, -0.1) is 0 Å². The highest BCUT2D eigenvalue weighted by Gasteiger charge is 2.36. The smallest absolute Gasteiger partial charge is 0.418 e. The fraction of sp³-hybridized carbons (Fsp3) is 0.190. The lowest BCUT2D eigenvalue weighted by Gasteiger charge is -2.25. The average Bonchev–Trinajstić information content (AvgIpc) is 3.16. The number of carbonyl (C=O) groups excluding carboxylic acids is 2. The molecule has 2 N–H and O–H groups in total. The zero-order valence-corrected chi connectivity index (χ0v) is 16.2. The first-order valence-corrected chi connectivity index (χ1v) is 9.27. The van der Waals surface area contributed by atoms with Crippen LogP contribution in [0, 0.1) is 0 Å². The second kappa shape index (κ2) is 7.78. The zero-order valence-electron chi connectivity index (χ0n) is 16.2. The monoisotopic (exact) mass is 430 g/mol. The Morgan fingerprint density at radius 1 is 1.19 bits per heavy atom. The summed E-state index contributed by atoms with van der Waals surface area (Å²) in [6.45, 7) is 0. The van der Waals surface area contributed by atoms with Crippen LogP contribution in [0.1, 0.15) is 18.0 Å². The van der Waals surface area contributed by atoms with Gasteiger partial charge in [0, 0.05) is 5.56 Å². The second-order valence-electron chi connectivity index (χ2n) is 6.88. The molecule has 1 atom stereocenters. The molecule has 2 aromatic carbocycles. The van der Waals surface area contributed by atoms with Gasteiger partial charge in [0.05, 0.1) is 31.0 Å². The predicted molar refractivity (Wildman–Crippen MR) is 107 cm³/mol. The molecule has 0 bridgehead atoms. The minimum Gasteiger partial charge on any atom is -0.497 e. The number of carbonyl (C=O) groups is 2. The topological polar surface area (TPSA) is 85.2 Å². The van der Waals surface area contributed by atoms with Crippen LogP contribution in [-0.2, 0) is 15.8 Å². The molecule has 0 spiro atoms. The molecule has 3 aromatic rings. The van der Waals surface area contributed by atoms with Crippen LogP contribution in [0.4, 0.5) is 24.7 Å². The van der Waals surface area contributed by atoms with Crippen molar-refractivity contribution in [2.24, 2.45) is 0 Å². The van der Waals surface area contributed by atoms with E-state index in [9.17, 15) is 22.8 Å². The minimum atomic E-state index is -4.63. The molecular weight excluding hydrogens is 413 g/mol. The van der Waals surface area contributed by atoms with Crippen molar-refractivity contribution in [3.05, 3.63) is 60.3 Å². The minimum absolute atomic E-state index is 0.253. The number of nitrogens with zero attached hydrogens (tertiary/aromatic N) is 2. The lowest BCUT2D eigenvalue weighted by atomic mass is 10.1. The summed E-state index contributed by atoms with van der Waals surface area (Å²) in [4.78, 5) is 25.1. The summed E-state index contributed by atoms with van der Waals surface area (Å²) in [6.07, 6.45) is -3.39. The normalized spacial score (nSPS) is 15.7. The molecule has 7 nitrogen and oxygen atoms in total. The fourth-order valence-corrected chi connectivity index (χ4v) is 3.41. The van der Waals surface area contributed by atoms with Crippen LogP contribution in [0.25, 0.3) is 11.1 Å². The lowest BCUT2D eigenvalue weighted by molar-refractivity contribution is -0.137. The number of para-hydroxylation sites is 1. The Labute approximate surface area is 174 Å². The Bertz CT molecular complexity index is 1140. The molecule has 0 saturated carbocycles. The van der Waals surface area contributed by atoms with E-state index in [1.54, 1.807) is 24.3 Å². The van der Waals surface area contributed by atoms with E-state index in [2.05, 4.69) is 15.7 Å². The Morgan fingerprint density at radius 3 is 2.58 bits per heavy atom. The summed E-state index contributed by atoms with van der Waals surface area (Å²) in [6, 6.07) is 10.6. The number of hydrogen-bond acceptors (Lipinski definition) is 4. The molecule has 1 aliphatic rings. The molecule has 1 aromatic heterocycles. The number of hydrogen-bond donors (Lipinski definition) is 2. The van der Waals surface area contributed by atoms with E-state index in [0.717, 1.165) is 17.7 Å². The van der Waals surface area contributed by atoms with Gasteiger partial charge in [0.1, 0.15) is 17.6 Å². The molecule has 1 unspecified atom stereocenters. The van der Waals surface area contributed by atoms with Gasteiger partial charge in [-0.2, -0.15) is 18.3 Å². The number of rotatable bonds is 4. The first-order valence-electron chi connectivity index (χ1n) is 9.27. The van der Waals surface area contributed by atoms with Gasteiger partial charge in [-0.05, 0) is 29.8 Å². The van der Waals surface area contributed by atoms with Crippen molar-refractivity contribution < 1.29 is 27.5 Å². The number of benzene rings is 2. The third-order valence-electron chi connectivity index (χ3n) is 4.92. The van der Waals surface area contributed by atoms with E-state index in [-0.39, 0.29) is 12.1 Å². The first-order chi connectivity index (χ1) is 14.8. The number of amides is 2. The second-order valence-corrected chi connectivity index (χ2v) is 6.88. The third-order valence-corrected chi connectivity index (χ3v) is 4.92. The van der Waals surface area contributed by atoms with Crippen LogP contribution in [0.2, 0.25) is 0 Å². The van der Waals surface area contributed by atoms with Crippen molar-refractivity contribution >= 4 is 23.3 Å². The molecule has 1 aliphatic heterocycles. The Kier molecular flexibility index (Phi) is 5.14. The van der Waals surface area contributed by atoms with Crippen LogP contribution < -0.4 is 15.4 Å². The molecule has 0 saturated heterocycles. The van der Waals surface area contributed by atoms with E-state index in [0.29, 0.717) is 17.1 Å². The van der Waals surface area contributed by atoms with E-state index < -0.39 is 29.6 Å². The van der Waals surface area contributed by atoms with E-state index in [1.165, 1.54) is 30.1 Å². The molecule has 2 heterocycles. The summed E-state index contributed by atoms with van der Waals surface area (Å²) < 4.78 is 46.2. The van der Waals surface area contributed by atoms with Crippen molar-refractivity contribution in [1.82, 2.24) is 9.78 Å². The largest absolute Gasteiger partial charge is 0.497 e. The summed E-state index contributed by atoms with van der Waals surface area (Å²) >= 11 is 0. The highest BCUT2D eigenvalue weighted by Crippen LogP contribution is 2.37. The van der Waals surface area contributed by atoms with Crippen molar-refractivity contribution in [2.75, 3.05) is 17.7 Å². The van der Waals surface area contributed by atoms with Crippen LogP contribution in [0.3, 0.4) is 0 Å². The SMILES string of the molecule is COc1ccc(-c2cnn3c2NC(=O)CC3C(=O)Nc2ccccc2C(F)(F)F)cc1. The van der Waals surface area contributed by atoms with Crippen LogP contribution in [0.15, 0.2) is 54.7 Å². The summed E-state index contributed by atoms with van der Waals surface area (Å²) in [5, 5.41) is 9.20. The molecular formula is C21H17F3N4O3. The van der Waals surface area contributed by atoms with E-state index in [4.69, 9.17) is 4.74 Å². The molecule has 0 aliphatic carbocycles. The molecule has 2 amide bonds. The number of methoxy groups -OCH3 is 1. The Morgan fingerprint density at radius 2 is 1.90 bits per heavy atom. The number of nitrogens with one attached hydrogen (secondary N) is 2. The molecule has 31 heavy (non-hydrogen) atoms. The number of fused-ring (bicyclic) bond motifs is 1. The highest BCUT2D eigenvalue weighted by atomic mass is 19.4. The third kappa shape index (κ3) is 3.96. The summed E-state index contributed by atoms with van der Waals surface area (Å²) in [5.74, 6) is -0.260. The highest BCUT2D eigenvalue weighted by molar-refractivity contribution is 6.03. The van der Waals surface area contributed by atoms with Crippen molar-refractivity contribution in [1.29, 1.82) is 0 Å². The van der Waals surface area contributed by atoms with Crippen LogP contribution >= 0.6 is 0 Å². The molecule has 160 valence electrons. The molecule has 10 heteroatoms. The first kappa shape index (κ1) is 20.5. The summed E-state index contributed by atoms with van der Waals surface area (Å²) in [5.41, 5.74) is -0.0479. The van der Waals surface area contributed by atoms with Crippen LogP contribution in [-0.4, -0.2) is 28.7 Å². The predicted octanol–water partition coefficient (Wildman–Crippen LogP) is 4.10. The quantitative estimate of drug-likeness (QED) is 0.653. The van der Waals surface area contributed by atoms with Crippen molar-refractivity contribution in [3.8, 4) is 16.9 Å². The Hall–Kier alpha value is -3.82. The lowest BCUT2D eigenvalue weighted by Crippen LogP contribution is -2.36. The zero-order chi connectivity index (χ0) is 22.2. The van der Waals surface area contributed by atoms with Crippen molar-refractivity contribution in [3.63, 3.8) is 0 Å². The maximum Gasteiger partial charge on any atom is 0.418 e. The maximum absolute atomic E-state index is 13.2. The molecule has 0 fully saturated rings. The van der Waals surface area contributed by atoms with Crippen LogP contribution in [0.5, 0.6) is 5.75 Å². The number of alkyl halides is 3. The standard InChI is InChI=1S/C21H17F3N4O3/c1-31-13-8-6-12(7-9-13)14-11-25-28-17(10-18(29)27-19(14)28)20(30)26-16-5-3-2-4-15(16)21(22,23)24/h2-9,11,17H,10H2,1H3,(H,26,30)(H,27,29). The van der Waals surface area contributed by atoms with Gasteiger partial charge in [-0.1, -0.05) is 24.3 Å². The number of anilines is 2. The molecule has 0 radical (unpaired) electrons. The van der Waals surface area contributed by atoms with E-state index >= 15 is 0 Å². The summed E-state index contributed by atoms with van der Waals surface area (Å²) in [7, 11) is 1.54. The Balaban J connectivity index is 1.66.